The van der Waals surface area contributed by atoms with Crippen molar-refractivity contribution in [1.29, 1.82) is 0 Å². The molecule has 0 spiro atoms. The Morgan fingerprint density at radius 2 is 2.28 bits per heavy atom. The second kappa shape index (κ2) is 6.04. The lowest BCUT2D eigenvalue weighted by atomic mass is 10.0. The van der Waals surface area contributed by atoms with E-state index in [1.807, 2.05) is 19.1 Å². The van der Waals surface area contributed by atoms with Gasteiger partial charge in [0.1, 0.15) is 0 Å². The van der Waals surface area contributed by atoms with Gasteiger partial charge in [-0.05, 0) is 31.9 Å². The Morgan fingerprint density at radius 3 is 2.94 bits per heavy atom. The predicted molar refractivity (Wildman–Crippen MR) is 77.0 cm³/mol. The van der Waals surface area contributed by atoms with E-state index in [1.54, 1.807) is 7.11 Å². The van der Waals surface area contributed by atoms with E-state index in [9.17, 15) is 5.11 Å². The van der Waals surface area contributed by atoms with Gasteiger partial charge in [0.25, 0.3) is 0 Å². The van der Waals surface area contributed by atoms with E-state index in [4.69, 9.17) is 4.74 Å². The molecule has 18 heavy (non-hydrogen) atoms. The summed E-state index contributed by atoms with van der Waals surface area (Å²) in [6.45, 7) is 3.73. The standard InChI is InChI=1S/C14H20BrNO2/c1-10(17)13-6-5-11(15)8-14(13)16-7-3-4-12(9-16)18-2/h5-6,8,10,12,17H,3-4,7,9H2,1-2H3. The van der Waals surface area contributed by atoms with Crippen LogP contribution in [0.25, 0.3) is 0 Å². The molecule has 1 heterocycles. The van der Waals surface area contributed by atoms with E-state index < -0.39 is 6.10 Å². The molecule has 1 saturated heterocycles. The molecule has 1 fully saturated rings. The van der Waals surface area contributed by atoms with Crippen molar-refractivity contribution in [3.63, 3.8) is 0 Å². The SMILES string of the molecule is COC1CCCN(c2cc(Br)ccc2C(C)O)C1. The molecule has 2 atom stereocenters. The molecule has 2 rings (SSSR count). The Bertz CT molecular complexity index is 409. The lowest BCUT2D eigenvalue weighted by molar-refractivity contribution is 0.0891. The summed E-state index contributed by atoms with van der Waals surface area (Å²) >= 11 is 3.50. The Kier molecular flexibility index (Phi) is 4.65. The molecule has 0 radical (unpaired) electrons. The first kappa shape index (κ1) is 13.8. The summed E-state index contributed by atoms with van der Waals surface area (Å²) < 4.78 is 6.50. The highest BCUT2D eigenvalue weighted by Crippen LogP contribution is 2.31. The zero-order valence-corrected chi connectivity index (χ0v) is 12.5. The van der Waals surface area contributed by atoms with Crippen molar-refractivity contribution >= 4 is 21.6 Å². The van der Waals surface area contributed by atoms with Crippen molar-refractivity contribution in [2.75, 3.05) is 25.1 Å². The van der Waals surface area contributed by atoms with Crippen LogP contribution in [0.1, 0.15) is 31.4 Å². The molecular weight excluding hydrogens is 294 g/mol. The van der Waals surface area contributed by atoms with Crippen molar-refractivity contribution in [3.8, 4) is 0 Å². The minimum Gasteiger partial charge on any atom is -0.389 e. The monoisotopic (exact) mass is 313 g/mol. The highest BCUT2D eigenvalue weighted by atomic mass is 79.9. The summed E-state index contributed by atoms with van der Waals surface area (Å²) in [6.07, 6.45) is 2.09. The van der Waals surface area contributed by atoms with Gasteiger partial charge in [-0.3, -0.25) is 0 Å². The van der Waals surface area contributed by atoms with Gasteiger partial charge < -0.3 is 14.7 Å². The van der Waals surface area contributed by atoms with Gasteiger partial charge >= 0.3 is 0 Å². The predicted octanol–water partition coefficient (Wildman–Crippen LogP) is 3.12. The number of anilines is 1. The second-order valence-electron chi connectivity index (χ2n) is 4.83. The Morgan fingerprint density at radius 1 is 1.50 bits per heavy atom. The zero-order chi connectivity index (χ0) is 13.1. The van der Waals surface area contributed by atoms with Crippen molar-refractivity contribution in [1.82, 2.24) is 0 Å². The summed E-state index contributed by atoms with van der Waals surface area (Å²) in [7, 11) is 1.77. The summed E-state index contributed by atoms with van der Waals surface area (Å²) in [4.78, 5) is 2.31. The maximum absolute atomic E-state index is 9.88. The van der Waals surface area contributed by atoms with Crippen molar-refractivity contribution < 1.29 is 9.84 Å². The van der Waals surface area contributed by atoms with Crippen LogP contribution in [0.4, 0.5) is 5.69 Å². The normalized spacial score (nSPS) is 22.0. The number of ether oxygens (including phenoxy) is 1. The number of aliphatic hydroxyl groups excluding tert-OH is 1. The van der Waals surface area contributed by atoms with E-state index in [0.29, 0.717) is 6.10 Å². The van der Waals surface area contributed by atoms with Gasteiger partial charge in [-0.1, -0.05) is 22.0 Å². The maximum atomic E-state index is 9.88. The van der Waals surface area contributed by atoms with Crippen LogP contribution < -0.4 is 4.90 Å². The number of hydrogen-bond donors (Lipinski definition) is 1. The molecule has 0 aliphatic carbocycles. The van der Waals surface area contributed by atoms with Gasteiger partial charge in [0.2, 0.25) is 0 Å². The van der Waals surface area contributed by atoms with Gasteiger partial charge in [0.15, 0.2) is 0 Å². The van der Waals surface area contributed by atoms with E-state index >= 15 is 0 Å². The zero-order valence-electron chi connectivity index (χ0n) is 10.9. The smallest absolute Gasteiger partial charge is 0.0782 e. The van der Waals surface area contributed by atoms with Gasteiger partial charge in [-0.15, -0.1) is 0 Å². The molecule has 0 amide bonds. The lowest BCUT2D eigenvalue weighted by Crippen LogP contribution is -2.39. The minimum atomic E-state index is -0.448. The molecule has 2 unspecified atom stereocenters. The van der Waals surface area contributed by atoms with E-state index in [0.717, 1.165) is 41.7 Å². The molecule has 4 heteroatoms. The van der Waals surface area contributed by atoms with E-state index in [2.05, 4.69) is 26.9 Å². The number of rotatable bonds is 3. The average Bonchev–Trinajstić information content (AvgIpc) is 2.38. The van der Waals surface area contributed by atoms with Crippen LogP contribution in [0.15, 0.2) is 22.7 Å². The molecular formula is C14H20BrNO2. The third-order valence-electron chi connectivity index (χ3n) is 3.49. The van der Waals surface area contributed by atoms with Gasteiger partial charge in [-0.25, -0.2) is 0 Å². The largest absolute Gasteiger partial charge is 0.389 e. The fraction of sp³-hybridized carbons (Fsp3) is 0.571. The molecule has 1 N–H and O–H groups in total. The minimum absolute atomic E-state index is 0.291. The fourth-order valence-electron chi connectivity index (χ4n) is 2.49. The lowest BCUT2D eigenvalue weighted by Gasteiger charge is -2.35. The van der Waals surface area contributed by atoms with Crippen LogP contribution in [-0.2, 0) is 4.74 Å². The highest BCUT2D eigenvalue weighted by Gasteiger charge is 2.22. The Labute approximate surface area is 117 Å². The molecule has 1 aliphatic heterocycles. The van der Waals surface area contributed by atoms with Crippen molar-refractivity contribution in [3.05, 3.63) is 28.2 Å². The van der Waals surface area contributed by atoms with Gasteiger partial charge in [0, 0.05) is 35.9 Å². The van der Waals surface area contributed by atoms with E-state index in [1.165, 1.54) is 0 Å². The summed E-state index contributed by atoms with van der Waals surface area (Å²) in [5.41, 5.74) is 2.09. The number of benzene rings is 1. The van der Waals surface area contributed by atoms with Gasteiger partial charge in [0.05, 0.1) is 12.2 Å². The second-order valence-corrected chi connectivity index (χ2v) is 5.74. The van der Waals surface area contributed by atoms with Crippen LogP contribution in [-0.4, -0.2) is 31.4 Å². The van der Waals surface area contributed by atoms with Gasteiger partial charge in [-0.2, -0.15) is 0 Å². The summed E-state index contributed by atoms with van der Waals surface area (Å²) in [6, 6.07) is 6.05. The fourth-order valence-corrected chi connectivity index (χ4v) is 2.84. The molecule has 100 valence electrons. The number of aliphatic hydroxyl groups is 1. The third-order valence-corrected chi connectivity index (χ3v) is 3.99. The number of methoxy groups -OCH3 is 1. The number of hydrogen-bond acceptors (Lipinski definition) is 3. The number of nitrogens with zero attached hydrogens (tertiary/aromatic N) is 1. The first-order valence-electron chi connectivity index (χ1n) is 6.37. The molecule has 0 bridgehead atoms. The van der Waals surface area contributed by atoms with Crippen LogP contribution in [0, 0.1) is 0 Å². The van der Waals surface area contributed by atoms with Crippen LogP contribution in [0.5, 0.6) is 0 Å². The first-order valence-corrected chi connectivity index (χ1v) is 7.16. The highest BCUT2D eigenvalue weighted by molar-refractivity contribution is 9.10. The molecule has 0 saturated carbocycles. The Balaban J connectivity index is 2.28. The molecule has 3 nitrogen and oxygen atoms in total. The summed E-state index contributed by atoms with van der Waals surface area (Å²) in [5.74, 6) is 0. The third kappa shape index (κ3) is 3.05. The molecule has 0 aromatic heterocycles. The maximum Gasteiger partial charge on any atom is 0.0782 e. The number of halogens is 1. The average molecular weight is 314 g/mol. The molecule has 1 aromatic rings. The van der Waals surface area contributed by atoms with Crippen LogP contribution >= 0.6 is 15.9 Å². The van der Waals surface area contributed by atoms with Crippen molar-refractivity contribution in [2.24, 2.45) is 0 Å². The first-order chi connectivity index (χ1) is 8.61. The van der Waals surface area contributed by atoms with Crippen LogP contribution in [0.3, 0.4) is 0 Å². The topological polar surface area (TPSA) is 32.7 Å². The van der Waals surface area contributed by atoms with Crippen molar-refractivity contribution in [2.45, 2.75) is 32.0 Å². The molecule has 1 aromatic carbocycles. The quantitative estimate of drug-likeness (QED) is 0.930. The van der Waals surface area contributed by atoms with E-state index in [-0.39, 0.29) is 0 Å². The van der Waals surface area contributed by atoms with Crippen LogP contribution in [0.2, 0.25) is 0 Å². The summed E-state index contributed by atoms with van der Waals surface area (Å²) in [5, 5.41) is 9.88. The molecule has 1 aliphatic rings. The Hall–Kier alpha value is -0.580. The number of piperidine rings is 1.